The number of fused-ring (bicyclic) bond motifs is 1. The van der Waals surface area contributed by atoms with Gasteiger partial charge in [0.15, 0.2) is 17.3 Å². The fourth-order valence-corrected chi connectivity index (χ4v) is 2.70. The summed E-state index contributed by atoms with van der Waals surface area (Å²) in [5, 5.41) is 48.9. The van der Waals surface area contributed by atoms with E-state index in [1.165, 1.54) is 18.2 Å². The van der Waals surface area contributed by atoms with Gasteiger partial charge in [-0.25, -0.2) is 0 Å². The molecule has 136 valence electrons. The molecule has 25 heavy (non-hydrogen) atoms. The third-order valence-corrected chi connectivity index (χ3v) is 4.13. The van der Waals surface area contributed by atoms with Crippen molar-refractivity contribution >= 4 is 5.78 Å². The SMILES string of the molecule is C/C=C1\Oc2c(ccc(OC3OC(CO)C(O)C(O)C3O)c2O)C1=O. The zero-order chi connectivity index (χ0) is 18.3. The first-order valence-electron chi connectivity index (χ1n) is 7.61. The van der Waals surface area contributed by atoms with Crippen molar-refractivity contribution in [2.75, 3.05) is 6.61 Å². The van der Waals surface area contributed by atoms with Crippen molar-refractivity contribution in [3.05, 3.63) is 29.5 Å². The largest absolute Gasteiger partial charge is 0.502 e. The summed E-state index contributed by atoms with van der Waals surface area (Å²) in [6.45, 7) is 1.00. The number of carbonyl (C=O) groups excluding carboxylic acids is 1. The smallest absolute Gasteiger partial charge is 0.231 e. The highest BCUT2D eigenvalue weighted by Gasteiger charge is 2.45. The minimum atomic E-state index is -1.63. The van der Waals surface area contributed by atoms with Crippen LogP contribution in [0.1, 0.15) is 17.3 Å². The number of Topliss-reactive ketones (excluding diaryl/α,β-unsaturated/α-hetero) is 1. The van der Waals surface area contributed by atoms with E-state index in [4.69, 9.17) is 19.3 Å². The molecule has 5 atom stereocenters. The van der Waals surface area contributed by atoms with E-state index in [2.05, 4.69) is 0 Å². The molecule has 0 aromatic heterocycles. The van der Waals surface area contributed by atoms with Crippen LogP contribution in [0.2, 0.25) is 0 Å². The second-order valence-electron chi connectivity index (χ2n) is 5.69. The van der Waals surface area contributed by atoms with Crippen molar-refractivity contribution in [1.29, 1.82) is 0 Å². The quantitative estimate of drug-likeness (QED) is 0.434. The Kier molecular flexibility index (Phi) is 4.67. The van der Waals surface area contributed by atoms with Gasteiger partial charge in [-0.3, -0.25) is 4.79 Å². The van der Waals surface area contributed by atoms with Gasteiger partial charge in [-0.2, -0.15) is 0 Å². The summed E-state index contributed by atoms with van der Waals surface area (Å²) in [6, 6.07) is 2.67. The predicted octanol–water partition coefficient (Wildman–Crippen LogP) is -0.950. The molecule has 0 saturated carbocycles. The minimum absolute atomic E-state index is 0.0651. The Hall–Kier alpha value is -2.17. The van der Waals surface area contributed by atoms with Crippen molar-refractivity contribution in [3.63, 3.8) is 0 Å². The lowest BCUT2D eigenvalue weighted by Crippen LogP contribution is -2.60. The third kappa shape index (κ3) is 2.86. The van der Waals surface area contributed by atoms with Gasteiger partial charge in [0.05, 0.1) is 12.2 Å². The molecule has 0 spiro atoms. The molecule has 9 heteroatoms. The summed E-state index contributed by atoms with van der Waals surface area (Å²) in [6.07, 6.45) is -5.91. The number of aliphatic hydroxyl groups excluding tert-OH is 4. The van der Waals surface area contributed by atoms with Crippen molar-refractivity contribution < 1.29 is 44.5 Å². The van der Waals surface area contributed by atoms with Crippen LogP contribution in [0.25, 0.3) is 0 Å². The van der Waals surface area contributed by atoms with Crippen LogP contribution in [0.15, 0.2) is 24.0 Å². The Morgan fingerprint density at radius 1 is 1.20 bits per heavy atom. The van der Waals surface area contributed by atoms with Crippen molar-refractivity contribution in [2.24, 2.45) is 0 Å². The number of rotatable bonds is 3. The van der Waals surface area contributed by atoms with E-state index in [1.807, 2.05) is 0 Å². The van der Waals surface area contributed by atoms with E-state index < -0.39 is 43.1 Å². The number of hydrogen-bond acceptors (Lipinski definition) is 9. The number of ketones is 1. The number of carbonyl (C=O) groups is 1. The van der Waals surface area contributed by atoms with Crippen LogP contribution in [-0.4, -0.2) is 68.6 Å². The van der Waals surface area contributed by atoms with Gasteiger partial charge < -0.3 is 39.7 Å². The zero-order valence-corrected chi connectivity index (χ0v) is 13.2. The fraction of sp³-hybridized carbons (Fsp3) is 0.438. The third-order valence-electron chi connectivity index (χ3n) is 4.13. The molecule has 2 heterocycles. The summed E-state index contributed by atoms with van der Waals surface area (Å²) in [4.78, 5) is 12.0. The normalized spacial score (nSPS) is 33.2. The van der Waals surface area contributed by atoms with E-state index in [-0.39, 0.29) is 28.6 Å². The van der Waals surface area contributed by atoms with Crippen LogP contribution in [0.5, 0.6) is 17.2 Å². The highest BCUT2D eigenvalue weighted by molar-refractivity contribution is 6.13. The average molecular weight is 354 g/mol. The number of aliphatic hydroxyl groups is 4. The number of hydrogen-bond donors (Lipinski definition) is 5. The Morgan fingerprint density at radius 2 is 1.92 bits per heavy atom. The van der Waals surface area contributed by atoms with E-state index in [9.17, 15) is 25.2 Å². The molecular weight excluding hydrogens is 336 g/mol. The van der Waals surface area contributed by atoms with Crippen LogP contribution in [-0.2, 0) is 4.74 Å². The molecule has 0 aliphatic carbocycles. The Bertz CT molecular complexity index is 712. The molecule has 5 N–H and O–H groups in total. The van der Waals surface area contributed by atoms with Crippen LogP contribution >= 0.6 is 0 Å². The van der Waals surface area contributed by atoms with Gasteiger partial charge in [-0.15, -0.1) is 0 Å². The van der Waals surface area contributed by atoms with Crippen molar-refractivity contribution in [3.8, 4) is 17.2 Å². The number of benzene rings is 1. The zero-order valence-electron chi connectivity index (χ0n) is 13.2. The number of phenols is 1. The topological polar surface area (TPSA) is 146 Å². The summed E-state index contributed by atoms with van der Waals surface area (Å²) in [7, 11) is 0. The van der Waals surface area contributed by atoms with Crippen LogP contribution in [0, 0.1) is 0 Å². The molecule has 1 saturated heterocycles. The van der Waals surface area contributed by atoms with E-state index in [0.717, 1.165) is 0 Å². The molecular formula is C16H18O9. The predicted molar refractivity (Wildman–Crippen MR) is 81.2 cm³/mol. The molecule has 2 aliphatic rings. The second kappa shape index (κ2) is 6.62. The van der Waals surface area contributed by atoms with Gasteiger partial charge in [0.25, 0.3) is 0 Å². The molecule has 2 aliphatic heterocycles. The minimum Gasteiger partial charge on any atom is -0.502 e. The van der Waals surface area contributed by atoms with E-state index >= 15 is 0 Å². The lowest BCUT2D eigenvalue weighted by Gasteiger charge is -2.39. The Balaban J connectivity index is 1.86. The average Bonchev–Trinajstić information content (AvgIpc) is 2.94. The van der Waals surface area contributed by atoms with Gasteiger partial charge in [0.2, 0.25) is 17.8 Å². The maximum absolute atomic E-state index is 12.0. The van der Waals surface area contributed by atoms with Crippen LogP contribution in [0.4, 0.5) is 0 Å². The van der Waals surface area contributed by atoms with Crippen molar-refractivity contribution in [2.45, 2.75) is 37.6 Å². The highest BCUT2D eigenvalue weighted by atomic mass is 16.7. The monoisotopic (exact) mass is 354 g/mol. The molecule has 5 unspecified atom stereocenters. The molecule has 0 bridgehead atoms. The first-order valence-corrected chi connectivity index (χ1v) is 7.61. The first-order chi connectivity index (χ1) is 11.9. The summed E-state index contributed by atoms with van der Waals surface area (Å²) >= 11 is 0. The number of allylic oxidation sites excluding steroid dienone is 2. The summed E-state index contributed by atoms with van der Waals surface area (Å²) in [5.74, 6) is -1.03. The standard InChI is InChI=1S/C16H18O9/c1-2-7-10(18)6-3-4-8(12(20)15(6)23-7)24-16-14(22)13(21)11(19)9(5-17)25-16/h2-4,9,11,13-14,16-17,19-22H,5H2,1H3/b7-2-. The van der Waals surface area contributed by atoms with Crippen LogP contribution in [0.3, 0.4) is 0 Å². The lowest BCUT2D eigenvalue weighted by molar-refractivity contribution is -0.277. The van der Waals surface area contributed by atoms with Gasteiger partial charge in [0.1, 0.15) is 24.4 Å². The maximum Gasteiger partial charge on any atom is 0.231 e. The first kappa shape index (κ1) is 17.6. The molecule has 9 nitrogen and oxygen atoms in total. The van der Waals surface area contributed by atoms with Gasteiger partial charge in [-0.05, 0) is 25.1 Å². The van der Waals surface area contributed by atoms with E-state index in [0.29, 0.717) is 0 Å². The highest BCUT2D eigenvalue weighted by Crippen LogP contribution is 2.45. The lowest BCUT2D eigenvalue weighted by atomic mass is 9.99. The van der Waals surface area contributed by atoms with Crippen molar-refractivity contribution in [1.82, 2.24) is 0 Å². The molecule has 1 aromatic rings. The second-order valence-corrected chi connectivity index (χ2v) is 5.69. The maximum atomic E-state index is 12.0. The number of ether oxygens (including phenoxy) is 3. The fourth-order valence-electron chi connectivity index (χ4n) is 2.70. The molecule has 1 fully saturated rings. The van der Waals surface area contributed by atoms with Gasteiger partial charge in [0, 0.05) is 0 Å². The van der Waals surface area contributed by atoms with Gasteiger partial charge >= 0.3 is 0 Å². The summed E-state index contributed by atoms with van der Waals surface area (Å²) in [5.41, 5.74) is 0.159. The van der Waals surface area contributed by atoms with E-state index in [1.54, 1.807) is 6.92 Å². The summed E-state index contributed by atoms with van der Waals surface area (Å²) < 4.78 is 15.9. The van der Waals surface area contributed by atoms with Gasteiger partial charge in [-0.1, -0.05) is 0 Å². The van der Waals surface area contributed by atoms with Crippen LogP contribution < -0.4 is 9.47 Å². The molecule has 1 aromatic carbocycles. The number of phenolic OH excluding ortho intramolecular Hbond substituents is 1. The molecule has 3 rings (SSSR count). The number of aromatic hydroxyl groups is 1. The Morgan fingerprint density at radius 3 is 2.56 bits per heavy atom. The molecule has 0 radical (unpaired) electrons. The Labute approximate surface area is 142 Å². The molecule has 0 amide bonds.